The maximum atomic E-state index is 12.6. The van der Waals surface area contributed by atoms with Crippen molar-refractivity contribution in [3.05, 3.63) is 191 Å². The molecule has 20 rings (SSSR count). The standard InChI is InChI=1S/C21H24O3.C18H22O3.3C17H22O3.C16H18O5/c1-3-13(2)15-9-11-18(17-7-5-4-6-16(15)17)24-21(22)14-8-10-19-20(12-14)23-19;1-3-10(2)11-5-4-6-13(7-11)20-18(19)15-9-12-8-14(15)17-16(12)21-17;1-3-12(2)13-5-4-6-15(11-13)19-16(18)17-9-7-14(20-17)8-10-17;1-3-11(2)12-5-4-6-13(9-12)20-17(18)15-10-14-7-8-16(15)19-14;1-3-11(2)13-6-4-5-7-14(13)20-17(18)12-8-9-15-16(10-12)19-15;1-3-9(2)10-5-4-6-11(7-10)19-15(17)13-8-12-14(20-12)16(18)21-13/h4-7,9,11,13-14,19-20H,3,8,10,12H2,1-2H3;4-7,10,12,14-17H,3,8-9H2,1-2H3;4-6,11-12,14H,3,7-10H2,1-2H3;4-6,9,11,14-16H,3,7-8,10H2,1-2H3;4-7,11-12,15-16H,3,8-10H2,1-2H3;4-7,9,12-14H,3,8H2,1-2H3. The Labute approximate surface area is 743 Å². The van der Waals surface area contributed by atoms with E-state index in [2.05, 4.69) is 119 Å². The molecule has 7 aromatic rings. The number of epoxide rings is 4. The fourth-order valence-electron chi connectivity index (χ4n) is 19.9. The van der Waals surface area contributed by atoms with E-state index in [1.54, 1.807) is 6.07 Å². The van der Waals surface area contributed by atoms with Crippen molar-refractivity contribution in [1.82, 2.24) is 0 Å². The van der Waals surface area contributed by atoms with E-state index in [9.17, 15) is 33.6 Å². The molecule has 13 fully saturated rings. The molecule has 9 heterocycles. The summed E-state index contributed by atoms with van der Waals surface area (Å²) in [6.45, 7) is 26.0. The van der Waals surface area contributed by atoms with Gasteiger partial charge in [0.2, 0.25) is 6.10 Å². The van der Waals surface area contributed by atoms with E-state index in [0.717, 1.165) is 157 Å². The normalized spacial score (nSPS) is 30.0. The van der Waals surface area contributed by atoms with Crippen LogP contribution in [0, 0.1) is 35.5 Å². The van der Waals surface area contributed by atoms with Crippen molar-refractivity contribution in [2.45, 2.75) is 339 Å². The summed E-state index contributed by atoms with van der Waals surface area (Å²) < 4.78 is 71.9. The van der Waals surface area contributed by atoms with Gasteiger partial charge in [0, 0.05) is 17.7 Å². The number of para-hydroxylation sites is 1. The highest BCUT2D eigenvalue weighted by Crippen LogP contribution is 2.59. The number of fused-ring (bicyclic) bond motifs is 13. The number of carbonyl (C=O) groups is 7. The first-order valence-electron chi connectivity index (χ1n) is 47.4. The Morgan fingerprint density at radius 2 is 0.849 bits per heavy atom. The lowest BCUT2D eigenvalue weighted by molar-refractivity contribution is -0.165. The summed E-state index contributed by atoms with van der Waals surface area (Å²) in [6, 6.07) is 51.4. The van der Waals surface area contributed by atoms with Crippen LogP contribution in [0.1, 0.15) is 293 Å². The van der Waals surface area contributed by atoms with Crippen LogP contribution in [0.4, 0.5) is 0 Å². The van der Waals surface area contributed by atoms with E-state index in [1.807, 2.05) is 115 Å². The van der Waals surface area contributed by atoms with Gasteiger partial charge in [-0.1, -0.05) is 180 Å². The number of ether oxygens (including phenoxy) is 13. The fraction of sp³-hybridized carbons (Fsp3) is 0.557. The average Bonchev–Trinajstić information content (AvgIpc) is 1.55. The number of rotatable bonds is 24. The maximum absolute atomic E-state index is 12.6. The quantitative estimate of drug-likeness (QED) is 0.0309. The molecule has 7 aromatic carbocycles. The van der Waals surface area contributed by atoms with Crippen molar-refractivity contribution < 1.29 is 95.1 Å². The second kappa shape index (κ2) is 41.1. The van der Waals surface area contributed by atoms with Crippen LogP contribution in [0.15, 0.2) is 158 Å². The predicted molar refractivity (Wildman–Crippen MR) is 478 cm³/mol. The van der Waals surface area contributed by atoms with Gasteiger partial charge in [0.15, 0.2) is 11.7 Å². The highest BCUT2D eigenvalue weighted by molar-refractivity contribution is 5.94. The summed E-state index contributed by atoms with van der Waals surface area (Å²) in [6.07, 6.45) is 22.1. The molecule has 13 aliphatic rings. The Morgan fingerprint density at radius 3 is 1.33 bits per heavy atom. The molecule has 126 heavy (non-hydrogen) atoms. The third kappa shape index (κ3) is 22.0. The van der Waals surface area contributed by atoms with Gasteiger partial charge in [0.1, 0.15) is 34.5 Å². The van der Waals surface area contributed by atoms with Gasteiger partial charge >= 0.3 is 41.8 Å². The van der Waals surface area contributed by atoms with Crippen molar-refractivity contribution in [2.75, 3.05) is 0 Å². The van der Waals surface area contributed by atoms with Crippen LogP contribution in [0.2, 0.25) is 0 Å². The fourth-order valence-corrected chi connectivity index (χ4v) is 19.9. The van der Waals surface area contributed by atoms with Crippen LogP contribution < -0.4 is 28.4 Å². The number of benzene rings is 7. The maximum Gasteiger partial charge on any atom is 0.352 e. The first-order valence-corrected chi connectivity index (χ1v) is 47.4. The zero-order valence-electron chi connectivity index (χ0n) is 75.6. The molecule has 20 nitrogen and oxygen atoms in total. The number of esters is 7. The van der Waals surface area contributed by atoms with Crippen molar-refractivity contribution in [2.24, 2.45) is 35.5 Å². The zero-order chi connectivity index (χ0) is 88.6. The van der Waals surface area contributed by atoms with Gasteiger partial charge in [-0.15, -0.1) is 0 Å². The van der Waals surface area contributed by atoms with E-state index in [-0.39, 0.29) is 77.9 Å². The molecule has 0 radical (unpaired) electrons. The second-order valence-electron chi connectivity index (χ2n) is 37.7. The summed E-state index contributed by atoms with van der Waals surface area (Å²) in [5.41, 5.74) is 6.58. The summed E-state index contributed by atoms with van der Waals surface area (Å²) in [5, 5.41) is 2.21. The van der Waals surface area contributed by atoms with Crippen LogP contribution in [0.3, 0.4) is 0 Å². The minimum absolute atomic E-state index is 0.00346. The molecule has 4 aliphatic carbocycles. The highest BCUT2D eigenvalue weighted by atomic mass is 16.7. The van der Waals surface area contributed by atoms with E-state index in [4.69, 9.17) is 61.6 Å². The van der Waals surface area contributed by atoms with Gasteiger partial charge in [-0.2, -0.15) is 0 Å². The first kappa shape index (κ1) is 91.6. The molecule has 0 aromatic heterocycles. The Balaban J connectivity index is 0.000000117. The lowest BCUT2D eigenvalue weighted by atomic mass is 9.89. The monoisotopic (exact) mass is 1720 g/mol. The number of cyclic esters (lactones) is 1. The van der Waals surface area contributed by atoms with Crippen LogP contribution in [0.5, 0.6) is 34.5 Å². The van der Waals surface area contributed by atoms with Crippen LogP contribution >= 0.6 is 0 Å². The van der Waals surface area contributed by atoms with Crippen molar-refractivity contribution in [3.8, 4) is 34.5 Å². The second-order valence-corrected chi connectivity index (χ2v) is 37.7. The van der Waals surface area contributed by atoms with Gasteiger partial charge in [0.25, 0.3) is 0 Å². The molecular formula is C106H130O20. The smallest absolute Gasteiger partial charge is 0.352 e. The van der Waals surface area contributed by atoms with E-state index < -0.39 is 29.7 Å². The lowest BCUT2D eigenvalue weighted by Crippen LogP contribution is -2.39. The molecule has 6 bridgehead atoms. The molecule has 0 spiro atoms. The number of hydrogen-bond donors (Lipinski definition) is 0. The summed E-state index contributed by atoms with van der Waals surface area (Å²) in [5.74, 6) is 5.99. The Bertz CT molecular complexity index is 4970. The summed E-state index contributed by atoms with van der Waals surface area (Å²) in [4.78, 5) is 85.5. The molecule has 20 heteroatoms. The van der Waals surface area contributed by atoms with Gasteiger partial charge in [-0.25, -0.2) is 14.4 Å². The van der Waals surface area contributed by atoms with E-state index in [1.165, 1.54) is 27.6 Å². The molecule has 0 N–H and O–H groups in total. The van der Waals surface area contributed by atoms with Crippen molar-refractivity contribution in [1.29, 1.82) is 0 Å². The molecule has 23 atom stereocenters. The minimum atomic E-state index is -0.867. The van der Waals surface area contributed by atoms with Gasteiger partial charge in [0.05, 0.1) is 84.7 Å². The molecule has 23 unspecified atom stereocenters. The van der Waals surface area contributed by atoms with Crippen LogP contribution in [0.25, 0.3) is 10.8 Å². The minimum Gasteiger partial charge on any atom is -0.448 e. The summed E-state index contributed by atoms with van der Waals surface area (Å²) >= 11 is 0. The predicted octanol–water partition coefficient (Wildman–Crippen LogP) is 21.7. The first-order chi connectivity index (χ1) is 60.9. The molecule has 674 valence electrons. The Hall–Kier alpha value is -9.15. The number of carbonyl (C=O) groups excluding carboxylic acids is 7. The third-order valence-electron chi connectivity index (χ3n) is 29.3. The van der Waals surface area contributed by atoms with Gasteiger partial charge in [-0.05, 0) is 276 Å². The van der Waals surface area contributed by atoms with Gasteiger partial charge < -0.3 is 61.6 Å². The SMILES string of the molecule is CCC(C)c1ccc(OC(=O)C2CCC3OC3C2)c2ccccc12.CCC(C)c1cccc(OC(=O)C23CCC(CC2)O3)c1.CCC(C)c1cccc(OC(=O)C2CC3CC2C2OC32)c1.CCC(C)c1cccc(OC(=O)C2CC3CCC2O3)c1.CCC(C)c1cccc(OC(=O)C2CC3OC3C(=O)O2)c1.CCC(C)c1ccccc1OC(=O)C1CCC2OC2C1. The van der Waals surface area contributed by atoms with Gasteiger partial charge in [-0.3, -0.25) is 19.2 Å². The average molecular weight is 1720 g/mol. The largest absolute Gasteiger partial charge is 0.448 e. The van der Waals surface area contributed by atoms with Crippen LogP contribution in [-0.2, 0) is 66.7 Å². The Morgan fingerprint density at radius 1 is 0.365 bits per heavy atom. The highest BCUT2D eigenvalue weighted by Gasteiger charge is 2.65. The molecule has 0 amide bonds. The van der Waals surface area contributed by atoms with Crippen molar-refractivity contribution >= 4 is 52.6 Å². The van der Waals surface area contributed by atoms with E-state index in [0.29, 0.717) is 119 Å². The van der Waals surface area contributed by atoms with Crippen molar-refractivity contribution in [3.63, 3.8) is 0 Å². The zero-order valence-corrected chi connectivity index (χ0v) is 75.6. The lowest BCUT2D eigenvalue weighted by Gasteiger charge is -2.22. The third-order valence-corrected chi connectivity index (χ3v) is 29.3. The Kier molecular flexibility index (Phi) is 29.9. The molecular weight excluding hydrogens is 1590 g/mol. The number of hydrogen-bond acceptors (Lipinski definition) is 20. The molecule has 4 saturated carbocycles. The topological polar surface area (TPSA) is 253 Å². The van der Waals surface area contributed by atoms with Crippen LogP contribution in [-0.4, -0.2) is 121 Å². The molecule has 9 saturated heterocycles. The van der Waals surface area contributed by atoms with E-state index >= 15 is 0 Å². The summed E-state index contributed by atoms with van der Waals surface area (Å²) in [7, 11) is 0. The molecule has 9 aliphatic heterocycles.